The smallest absolute Gasteiger partial charge is 0.0403 e. The highest BCUT2D eigenvalue weighted by molar-refractivity contribution is 5.13. The van der Waals surface area contributed by atoms with Gasteiger partial charge in [-0.1, -0.05) is 13.0 Å². The second-order valence-electron chi connectivity index (χ2n) is 3.26. The Morgan fingerprint density at radius 1 is 1.31 bits per heavy atom. The van der Waals surface area contributed by atoms with E-state index in [9.17, 15) is 0 Å². The van der Waals surface area contributed by atoms with Gasteiger partial charge in [0.25, 0.3) is 0 Å². The Balaban J connectivity index is 2.40. The summed E-state index contributed by atoms with van der Waals surface area (Å²) in [5.41, 5.74) is 7.91. The van der Waals surface area contributed by atoms with Crippen LogP contribution < -0.4 is 5.73 Å². The van der Waals surface area contributed by atoms with Crippen LogP contribution in [0.1, 0.15) is 31.0 Å². The van der Waals surface area contributed by atoms with Crippen LogP contribution >= 0.6 is 0 Å². The number of aryl methyl sites for hydroxylation is 2. The van der Waals surface area contributed by atoms with Crippen LogP contribution in [0.25, 0.3) is 0 Å². The monoisotopic (exact) mass is 178 g/mol. The number of nitrogens with two attached hydrogens (primary N) is 1. The molecule has 0 unspecified atom stereocenters. The van der Waals surface area contributed by atoms with Crippen LogP contribution in [0.3, 0.4) is 0 Å². The van der Waals surface area contributed by atoms with Crippen LogP contribution in [0.15, 0.2) is 18.3 Å². The maximum absolute atomic E-state index is 5.42. The number of pyridine rings is 1. The number of unbranched alkanes of at least 4 members (excludes halogenated alkanes) is 1. The topological polar surface area (TPSA) is 38.9 Å². The predicted octanol–water partition coefficient (Wildman–Crippen LogP) is 1.93. The number of hydrogen-bond donors (Lipinski definition) is 1. The van der Waals surface area contributed by atoms with Gasteiger partial charge in [-0.2, -0.15) is 0 Å². The van der Waals surface area contributed by atoms with Gasteiger partial charge in [0, 0.05) is 11.9 Å². The van der Waals surface area contributed by atoms with E-state index in [0.29, 0.717) is 0 Å². The minimum absolute atomic E-state index is 0.785. The normalized spacial score (nSPS) is 10.3. The average Bonchev–Trinajstić information content (AvgIpc) is 2.19. The first-order valence-electron chi connectivity index (χ1n) is 5.00. The molecule has 0 saturated heterocycles. The molecule has 0 aliphatic carbocycles. The molecule has 1 aromatic rings. The van der Waals surface area contributed by atoms with Crippen LogP contribution in [-0.4, -0.2) is 11.5 Å². The Bertz CT molecular complexity index is 228. The Morgan fingerprint density at radius 2 is 2.15 bits per heavy atom. The highest BCUT2D eigenvalue weighted by atomic mass is 14.7. The van der Waals surface area contributed by atoms with Crippen molar-refractivity contribution in [2.75, 3.05) is 6.54 Å². The summed E-state index contributed by atoms with van der Waals surface area (Å²) in [7, 11) is 0. The van der Waals surface area contributed by atoms with E-state index in [4.69, 9.17) is 5.73 Å². The van der Waals surface area contributed by atoms with E-state index in [0.717, 1.165) is 32.2 Å². The highest BCUT2D eigenvalue weighted by Gasteiger charge is 1.94. The van der Waals surface area contributed by atoms with E-state index < -0.39 is 0 Å². The maximum Gasteiger partial charge on any atom is 0.0403 e. The lowest BCUT2D eigenvalue weighted by atomic mass is 10.1. The second-order valence-corrected chi connectivity index (χ2v) is 3.26. The maximum atomic E-state index is 5.42. The SMILES string of the molecule is CCc1ccc(CCCCN)nc1. The van der Waals surface area contributed by atoms with Gasteiger partial charge in [-0.3, -0.25) is 4.98 Å². The molecule has 1 rings (SSSR count). The zero-order chi connectivity index (χ0) is 9.52. The second kappa shape index (κ2) is 5.70. The molecular formula is C11H18N2. The molecule has 0 aromatic carbocycles. The van der Waals surface area contributed by atoms with Crippen molar-refractivity contribution in [1.29, 1.82) is 0 Å². The molecule has 2 N–H and O–H groups in total. The lowest BCUT2D eigenvalue weighted by molar-refractivity contribution is 0.732. The standard InChI is InChI=1S/C11H18N2/c1-2-10-6-7-11(13-9-10)5-3-4-8-12/h6-7,9H,2-5,8,12H2,1H3. The Morgan fingerprint density at radius 3 is 2.69 bits per heavy atom. The predicted molar refractivity (Wildman–Crippen MR) is 55.6 cm³/mol. The van der Waals surface area contributed by atoms with Crippen molar-refractivity contribution in [3.63, 3.8) is 0 Å². The first-order chi connectivity index (χ1) is 6.36. The summed E-state index contributed by atoms with van der Waals surface area (Å²) in [6, 6.07) is 4.28. The fourth-order valence-electron chi connectivity index (χ4n) is 1.26. The lowest BCUT2D eigenvalue weighted by Crippen LogP contribution is -1.99. The molecular weight excluding hydrogens is 160 g/mol. The van der Waals surface area contributed by atoms with Crippen molar-refractivity contribution < 1.29 is 0 Å². The van der Waals surface area contributed by atoms with Crippen LogP contribution in [0.4, 0.5) is 0 Å². The number of aromatic nitrogens is 1. The summed E-state index contributed by atoms with van der Waals surface area (Å²) >= 11 is 0. The third-order valence-electron chi connectivity index (χ3n) is 2.18. The van der Waals surface area contributed by atoms with E-state index in [-0.39, 0.29) is 0 Å². The average molecular weight is 178 g/mol. The summed E-state index contributed by atoms with van der Waals surface area (Å²) in [6.45, 7) is 2.93. The van der Waals surface area contributed by atoms with Gasteiger partial charge in [-0.15, -0.1) is 0 Å². The van der Waals surface area contributed by atoms with Crippen molar-refractivity contribution in [2.24, 2.45) is 5.73 Å². The van der Waals surface area contributed by atoms with Gasteiger partial charge >= 0.3 is 0 Å². The van der Waals surface area contributed by atoms with Crippen molar-refractivity contribution in [3.05, 3.63) is 29.6 Å². The van der Waals surface area contributed by atoms with E-state index in [2.05, 4.69) is 24.0 Å². The van der Waals surface area contributed by atoms with E-state index in [1.54, 1.807) is 0 Å². The molecule has 0 spiro atoms. The summed E-state index contributed by atoms with van der Waals surface area (Å²) in [5.74, 6) is 0. The van der Waals surface area contributed by atoms with Crippen LogP contribution in [0, 0.1) is 0 Å². The van der Waals surface area contributed by atoms with Gasteiger partial charge in [0.15, 0.2) is 0 Å². The molecule has 0 amide bonds. The van der Waals surface area contributed by atoms with E-state index in [1.807, 2.05) is 6.20 Å². The van der Waals surface area contributed by atoms with Crippen molar-refractivity contribution >= 4 is 0 Å². The van der Waals surface area contributed by atoms with E-state index >= 15 is 0 Å². The highest BCUT2D eigenvalue weighted by Crippen LogP contribution is 2.04. The minimum atomic E-state index is 0.785. The Labute approximate surface area is 80.2 Å². The van der Waals surface area contributed by atoms with Crippen molar-refractivity contribution in [2.45, 2.75) is 32.6 Å². The summed E-state index contributed by atoms with van der Waals surface area (Å²) < 4.78 is 0. The van der Waals surface area contributed by atoms with Gasteiger partial charge in [0.1, 0.15) is 0 Å². The van der Waals surface area contributed by atoms with Gasteiger partial charge in [0.05, 0.1) is 0 Å². The van der Waals surface area contributed by atoms with Crippen LogP contribution in [-0.2, 0) is 12.8 Å². The first-order valence-corrected chi connectivity index (χ1v) is 5.00. The van der Waals surface area contributed by atoms with Crippen LogP contribution in [0.5, 0.6) is 0 Å². The number of hydrogen-bond acceptors (Lipinski definition) is 2. The zero-order valence-electron chi connectivity index (χ0n) is 8.29. The molecule has 0 aliphatic heterocycles. The molecule has 2 nitrogen and oxygen atoms in total. The molecule has 0 atom stereocenters. The van der Waals surface area contributed by atoms with Gasteiger partial charge in [-0.25, -0.2) is 0 Å². The zero-order valence-corrected chi connectivity index (χ0v) is 8.29. The quantitative estimate of drug-likeness (QED) is 0.700. The van der Waals surface area contributed by atoms with Gasteiger partial charge in [-0.05, 0) is 43.9 Å². The molecule has 1 heterocycles. The summed E-state index contributed by atoms with van der Waals surface area (Å²) in [4.78, 5) is 4.38. The molecule has 0 radical (unpaired) electrons. The third kappa shape index (κ3) is 3.55. The number of nitrogens with zero attached hydrogens (tertiary/aromatic N) is 1. The molecule has 72 valence electrons. The molecule has 0 saturated carbocycles. The molecule has 2 heteroatoms. The lowest BCUT2D eigenvalue weighted by Gasteiger charge is -2.00. The molecule has 0 aliphatic rings. The summed E-state index contributed by atoms with van der Waals surface area (Å²) in [5, 5.41) is 0. The molecule has 1 aromatic heterocycles. The fourth-order valence-corrected chi connectivity index (χ4v) is 1.26. The first kappa shape index (κ1) is 10.2. The Hall–Kier alpha value is -0.890. The van der Waals surface area contributed by atoms with Crippen molar-refractivity contribution in [1.82, 2.24) is 4.98 Å². The minimum Gasteiger partial charge on any atom is -0.330 e. The van der Waals surface area contributed by atoms with Gasteiger partial charge < -0.3 is 5.73 Å². The van der Waals surface area contributed by atoms with Crippen molar-refractivity contribution in [3.8, 4) is 0 Å². The molecule has 0 fully saturated rings. The fraction of sp³-hybridized carbons (Fsp3) is 0.545. The molecule has 13 heavy (non-hydrogen) atoms. The van der Waals surface area contributed by atoms with Gasteiger partial charge in [0.2, 0.25) is 0 Å². The largest absolute Gasteiger partial charge is 0.330 e. The Kier molecular flexibility index (Phi) is 4.47. The van der Waals surface area contributed by atoms with Crippen LogP contribution in [0.2, 0.25) is 0 Å². The number of rotatable bonds is 5. The molecule has 0 bridgehead atoms. The van der Waals surface area contributed by atoms with E-state index in [1.165, 1.54) is 11.3 Å². The summed E-state index contributed by atoms with van der Waals surface area (Å²) in [6.07, 6.45) is 6.33. The third-order valence-corrected chi connectivity index (χ3v) is 2.18.